The highest BCUT2D eigenvalue weighted by Gasteiger charge is 2.26. The molecule has 1 amide bonds. The number of unbranched alkanes of at least 4 members (excludes halogenated alkanes) is 1. The molecule has 0 spiro atoms. The number of nitrogens with zero attached hydrogens (tertiary/aromatic N) is 3. The average molecular weight is 420 g/mol. The van der Waals surface area contributed by atoms with Gasteiger partial charge in [0, 0.05) is 13.0 Å². The van der Waals surface area contributed by atoms with Crippen LogP contribution in [0.3, 0.4) is 0 Å². The highest BCUT2D eigenvalue weighted by molar-refractivity contribution is 5.79. The first-order valence-electron chi connectivity index (χ1n) is 11.3. The summed E-state index contributed by atoms with van der Waals surface area (Å²) in [6.07, 6.45) is 3.21. The van der Waals surface area contributed by atoms with Gasteiger partial charge in [-0.15, -0.1) is 0 Å². The maximum atomic E-state index is 13.6. The Morgan fingerprint density at radius 2 is 1.81 bits per heavy atom. The van der Waals surface area contributed by atoms with E-state index in [1.165, 1.54) is 5.56 Å². The highest BCUT2D eigenvalue weighted by Crippen LogP contribution is 2.25. The lowest BCUT2D eigenvalue weighted by molar-refractivity contribution is -0.133. The first kappa shape index (κ1) is 22.7. The third-order valence-corrected chi connectivity index (χ3v) is 5.93. The minimum absolute atomic E-state index is 0.103. The summed E-state index contributed by atoms with van der Waals surface area (Å²) in [5, 5.41) is 0.580. The van der Waals surface area contributed by atoms with E-state index in [0.29, 0.717) is 29.7 Å². The number of aryl methyl sites for hydroxylation is 2. The van der Waals surface area contributed by atoms with E-state index in [-0.39, 0.29) is 17.5 Å². The van der Waals surface area contributed by atoms with E-state index >= 15 is 0 Å². The first-order chi connectivity index (χ1) is 14.9. The Bertz CT molecular complexity index is 1130. The number of aromatic nitrogens is 2. The smallest absolute Gasteiger partial charge is 0.266 e. The minimum Gasteiger partial charge on any atom is -0.333 e. The molecule has 0 fully saturated rings. The molecule has 0 radical (unpaired) electrons. The average Bonchev–Trinajstić information content (AvgIpc) is 2.76. The monoisotopic (exact) mass is 419 g/mol. The van der Waals surface area contributed by atoms with Gasteiger partial charge in [-0.1, -0.05) is 38.5 Å². The van der Waals surface area contributed by atoms with Gasteiger partial charge in [0.25, 0.3) is 5.56 Å². The standard InChI is InChI=1S/C26H33N3O2/c1-6-8-16-28(24(30)11-7-2)20(5)25-27-23-13-10-9-12-22(23)26(31)29(25)21-15-14-18(3)19(4)17-21/h9-10,12-15,17,20H,6-8,11,16H2,1-5H3/t20-/m0/s1. The van der Waals surface area contributed by atoms with Crippen LogP contribution in [0.25, 0.3) is 16.6 Å². The highest BCUT2D eigenvalue weighted by atomic mass is 16.2. The number of rotatable bonds is 8. The van der Waals surface area contributed by atoms with Crippen LogP contribution in [0.1, 0.15) is 69.4 Å². The van der Waals surface area contributed by atoms with Gasteiger partial charge in [-0.3, -0.25) is 14.2 Å². The van der Waals surface area contributed by atoms with Gasteiger partial charge in [0.1, 0.15) is 5.82 Å². The van der Waals surface area contributed by atoms with E-state index in [4.69, 9.17) is 4.98 Å². The fourth-order valence-electron chi connectivity index (χ4n) is 3.90. The van der Waals surface area contributed by atoms with E-state index in [0.717, 1.165) is 30.5 Å². The maximum absolute atomic E-state index is 13.6. The van der Waals surface area contributed by atoms with Crippen molar-refractivity contribution in [3.05, 3.63) is 69.8 Å². The molecule has 31 heavy (non-hydrogen) atoms. The normalized spacial score (nSPS) is 12.2. The van der Waals surface area contributed by atoms with Crippen LogP contribution in [0.4, 0.5) is 0 Å². The first-order valence-corrected chi connectivity index (χ1v) is 11.3. The minimum atomic E-state index is -0.315. The molecule has 1 aromatic heterocycles. The lowest BCUT2D eigenvalue weighted by atomic mass is 10.1. The van der Waals surface area contributed by atoms with Crippen molar-refractivity contribution < 1.29 is 4.79 Å². The van der Waals surface area contributed by atoms with Gasteiger partial charge >= 0.3 is 0 Å². The summed E-state index contributed by atoms with van der Waals surface area (Å²) in [5.41, 5.74) is 3.62. The molecular weight excluding hydrogens is 386 g/mol. The lowest BCUT2D eigenvalue weighted by Crippen LogP contribution is -2.38. The van der Waals surface area contributed by atoms with Crippen LogP contribution in [0, 0.1) is 13.8 Å². The van der Waals surface area contributed by atoms with Gasteiger partial charge in [0.15, 0.2) is 0 Å². The SMILES string of the molecule is CCCCN(C(=O)CCC)[C@@H](C)c1nc2ccccc2c(=O)n1-c1ccc(C)c(C)c1. The van der Waals surface area contributed by atoms with E-state index in [1.54, 1.807) is 4.57 Å². The van der Waals surface area contributed by atoms with Crippen LogP contribution in [0.2, 0.25) is 0 Å². The Balaban J connectivity index is 2.24. The van der Waals surface area contributed by atoms with Crippen LogP contribution in [-0.2, 0) is 4.79 Å². The number of carbonyl (C=O) groups is 1. The molecule has 0 aliphatic heterocycles. The molecule has 0 aliphatic carbocycles. The number of benzene rings is 2. The van der Waals surface area contributed by atoms with Crippen molar-refractivity contribution in [3.63, 3.8) is 0 Å². The van der Waals surface area contributed by atoms with E-state index in [1.807, 2.05) is 68.1 Å². The number of amides is 1. The molecule has 5 nitrogen and oxygen atoms in total. The topological polar surface area (TPSA) is 55.2 Å². The molecule has 0 bridgehead atoms. The predicted octanol–water partition coefficient (Wildman–Crippen LogP) is 5.49. The Kier molecular flexibility index (Phi) is 7.26. The maximum Gasteiger partial charge on any atom is 0.266 e. The zero-order valence-electron chi connectivity index (χ0n) is 19.3. The van der Waals surface area contributed by atoms with Gasteiger partial charge in [-0.25, -0.2) is 4.98 Å². The zero-order chi connectivity index (χ0) is 22.5. The summed E-state index contributed by atoms with van der Waals surface area (Å²) in [4.78, 5) is 33.4. The number of fused-ring (bicyclic) bond motifs is 1. The number of para-hydroxylation sites is 1. The fraction of sp³-hybridized carbons (Fsp3) is 0.423. The van der Waals surface area contributed by atoms with Crippen molar-refractivity contribution in [2.24, 2.45) is 0 Å². The van der Waals surface area contributed by atoms with Gasteiger partial charge in [0.2, 0.25) is 5.91 Å². The molecule has 1 heterocycles. The second kappa shape index (κ2) is 9.90. The molecule has 0 unspecified atom stereocenters. The molecule has 2 aromatic carbocycles. The predicted molar refractivity (Wildman–Crippen MR) is 127 cm³/mol. The van der Waals surface area contributed by atoms with Crippen LogP contribution in [-0.4, -0.2) is 26.9 Å². The molecule has 164 valence electrons. The van der Waals surface area contributed by atoms with E-state index < -0.39 is 0 Å². The largest absolute Gasteiger partial charge is 0.333 e. The summed E-state index contributed by atoms with van der Waals surface area (Å²) < 4.78 is 1.69. The summed E-state index contributed by atoms with van der Waals surface area (Å²) in [6.45, 7) is 10.9. The number of hydrogen-bond acceptors (Lipinski definition) is 3. The molecule has 3 aromatic rings. The summed E-state index contributed by atoms with van der Waals surface area (Å²) in [7, 11) is 0. The van der Waals surface area contributed by atoms with Crippen molar-refractivity contribution in [3.8, 4) is 5.69 Å². The molecule has 0 saturated heterocycles. The van der Waals surface area contributed by atoms with Crippen molar-refractivity contribution in [2.75, 3.05) is 6.54 Å². The summed E-state index contributed by atoms with van der Waals surface area (Å²) in [5.74, 6) is 0.713. The molecule has 0 aliphatic rings. The molecular formula is C26H33N3O2. The molecule has 1 atom stereocenters. The molecule has 0 saturated carbocycles. The van der Waals surface area contributed by atoms with Crippen LogP contribution < -0.4 is 5.56 Å². The number of carbonyl (C=O) groups excluding carboxylic acids is 1. The van der Waals surface area contributed by atoms with Gasteiger partial charge in [0.05, 0.1) is 22.6 Å². The van der Waals surface area contributed by atoms with E-state index in [9.17, 15) is 9.59 Å². The molecule has 5 heteroatoms. The van der Waals surface area contributed by atoms with Crippen LogP contribution in [0.5, 0.6) is 0 Å². The third-order valence-electron chi connectivity index (χ3n) is 5.93. The van der Waals surface area contributed by atoms with Crippen molar-refractivity contribution in [2.45, 2.75) is 66.3 Å². The lowest BCUT2D eigenvalue weighted by Gasteiger charge is -2.30. The van der Waals surface area contributed by atoms with E-state index in [2.05, 4.69) is 13.8 Å². The van der Waals surface area contributed by atoms with Gasteiger partial charge < -0.3 is 4.90 Å². The quantitative estimate of drug-likeness (QED) is 0.485. The Hall–Kier alpha value is -2.95. The second-order valence-corrected chi connectivity index (χ2v) is 8.26. The number of hydrogen-bond donors (Lipinski definition) is 0. The molecule has 3 rings (SSSR count). The Morgan fingerprint density at radius 3 is 2.48 bits per heavy atom. The zero-order valence-corrected chi connectivity index (χ0v) is 19.3. The van der Waals surface area contributed by atoms with Crippen LogP contribution >= 0.6 is 0 Å². The van der Waals surface area contributed by atoms with Crippen molar-refractivity contribution in [1.29, 1.82) is 0 Å². The fourth-order valence-corrected chi connectivity index (χ4v) is 3.90. The second-order valence-electron chi connectivity index (χ2n) is 8.26. The van der Waals surface area contributed by atoms with Crippen molar-refractivity contribution >= 4 is 16.8 Å². The van der Waals surface area contributed by atoms with Crippen molar-refractivity contribution in [1.82, 2.24) is 14.5 Å². The third kappa shape index (κ3) is 4.71. The summed E-state index contributed by atoms with van der Waals surface area (Å²) in [6, 6.07) is 13.1. The molecule has 0 N–H and O–H groups in total. The Morgan fingerprint density at radius 1 is 1.06 bits per heavy atom. The van der Waals surface area contributed by atoms with Gasteiger partial charge in [-0.05, 0) is 69.0 Å². The van der Waals surface area contributed by atoms with Crippen LogP contribution in [0.15, 0.2) is 47.3 Å². The Labute approximate surface area is 184 Å². The summed E-state index contributed by atoms with van der Waals surface area (Å²) >= 11 is 0. The van der Waals surface area contributed by atoms with Gasteiger partial charge in [-0.2, -0.15) is 0 Å².